The van der Waals surface area contributed by atoms with Crippen LogP contribution in [0.4, 0.5) is 10.5 Å². The van der Waals surface area contributed by atoms with Crippen LogP contribution < -0.4 is 15.4 Å². The summed E-state index contributed by atoms with van der Waals surface area (Å²) in [5.41, 5.74) is 0.676. The van der Waals surface area contributed by atoms with Crippen molar-refractivity contribution in [2.75, 3.05) is 19.0 Å². The molecule has 0 saturated heterocycles. The largest absolute Gasteiger partial charge is 0.497 e. The number of urea groups is 1. The monoisotopic (exact) mass is 342 g/mol. The van der Waals surface area contributed by atoms with Crippen LogP contribution in [0.3, 0.4) is 0 Å². The van der Waals surface area contributed by atoms with Crippen molar-refractivity contribution in [2.45, 2.75) is 25.4 Å². The molecule has 5 nitrogen and oxygen atoms in total. The molecule has 1 aromatic carbocycles. The van der Waals surface area contributed by atoms with Gasteiger partial charge in [-0.2, -0.15) is 0 Å². The van der Waals surface area contributed by atoms with Gasteiger partial charge in [0.15, 0.2) is 0 Å². The Morgan fingerprint density at radius 2 is 2.30 bits per heavy atom. The molecule has 110 valence electrons. The van der Waals surface area contributed by atoms with Crippen molar-refractivity contribution in [1.82, 2.24) is 5.32 Å². The van der Waals surface area contributed by atoms with Crippen LogP contribution in [0.25, 0.3) is 0 Å². The summed E-state index contributed by atoms with van der Waals surface area (Å²) in [4.78, 5) is 11.8. The highest BCUT2D eigenvalue weighted by atomic mass is 79.9. The number of aliphatic hydroxyl groups excluding tert-OH is 1. The van der Waals surface area contributed by atoms with E-state index in [2.05, 4.69) is 26.6 Å². The number of hydrogen-bond acceptors (Lipinski definition) is 3. The fraction of sp³-hybridized carbons (Fsp3) is 0.500. The minimum absolute atomic E-state index is 0.167. The lowest BCUT2D eigenvalue weighted by atomic mass is 10.1. The highest BCUT2D eigenvalue weighted by Crippen LogP contribution is 2.27. The average molecular weight is 343 g/mol. The number of amides is 2. The van der Waals surface area contributed by atoms with Gasteiger partial charge < -0.3 is 20.5 Å². The Morgan fingerprint density at radius 3 is 2.90 bits per heavy atom. The van der Waals surface area contributed by atoms with Crippen molar-refractivity contribution in [2.24, 2.45) is 5.92 Å². The number of rotatable bonds is 4. The van der Waals surface area contributed by atoms with Crippen molar-refractivity contribution in [3.63, 3.8) is 0 Å². The molecular formula is C14H19BrN2O3. The van der Waals surface area contributed by atoms with E-state index in [1.165, 1.54) is 0 Å². The van der Waals surface area contributed by atoms with E-state index >= 15 is 0 Å². The molecule has 0 radical (unpaired) electrons. The molecule has 2 rings (SSSR count). The van der Waals surface area contributed by atoms with Gasteiger partial charge in [0.1, 0.15) is 5.75 Å². The van der Waals surface area contributed by atoms with Crippen LogP contribution in [0.15, 0.2) is 22.7 Å². The molecule has 3 N–H and O–H groups in total. The Labute approximate surface area is 126 Å². The summed E-state index contributed by atoms with van der Waals surface area (Å²) in [6.45, 7) is 0.501. The van der Waals surface area contributed by atoms with E-state index in [1.54, 1.807) is 25.3 Å². The number of methoxy groups -OCH3 is 1. The van der Waals surface area contributed by atoms with Crippen molar-refractivity contribution < 1.29 is 14.6 Å². The number of halogens is 1. The van der Waals surface area contributed by atoms with Gasteiger partial charge in [0.25, 0.3) is 0 Å². The highest BCUT2D eigenvalue weighted by Gasteiger charge is 2.25. The molecule has 2 atom stereocenters. The molecule has 1 aliphatic rings. The molecule has 1 fully saturated rings. The van der Waals surface area contributed by atoms with Gasteiger partial charge in [0.2, 0.25) is 0 Å². The van der Waals surface area contributed by atoms with Crippen LogP contribution >= 0.6 is 15.9 Å². The lowest BCUT2D eigenvalue weighted by Crippen LogP contribution is -2.35. The fourth-order valence-corrected chi connectivity index (χ4v) is 2.83. The van der Waals surface area contributed by atoms with Crippen molar-refractivity contribution >= 4 is 27.6 Å². The van der Waals surface area contributed by atoms with Crippen LogP contribution in [0.1, 0.15) is 19.3 Å². The second-order valence-electron chi connectivity index (χ2n) is 4.94. The molecule has 1 aliphatic carbocycles. The van der Waals surface area contributed by atoms with Gasteiger partial charge in [0.05, 0.1) is 18.9 Å². The Hall–Kier alpha value is -1.27. The zero-order valence-electron chi connectivity index (χ0n) is 11.4. The standard InChI is InChI=1S/C14H19BrN2O3/c1-20-10-5-6-12(11(15)7-10)17-14(19)16-8-9-3-2-4-13(9)18/h5-7,9,13,18H,2-4,8H2,1H3,(H2,16,17,19)/t9-,13+/m1/s1. The first-order chi connectivity index (χ1) is 9.60. The lowest BCUT2D eigenvalue weighted by molar-refractivity contribution is 0.133. The van der Waals surface area contributed by atoms with Crippen LogP contribution in [-0.4, -0.2) is 30.9 Å². The zero-order valence-corrected chi connectivity index (χ0v) is 12.9. The molecule has 1 saturated carbocycles. The molecule has 2 amide bonds. The molecule has 20 heavy (non-hydrogen) atoms. The Morgan fingerprint density at radius 1 is 1.50 bits per heavy atom. The topological polar surface area (TPSA) is 70.6 Å². The number of aliphatic hydroxyl groups is 1. The van der Waals surface area contributed by atoms with Crippen molar-refractivity contribution in [1.29, 1.82) is 0 Å². The van der Waals surface area contributed by atoms with Crippen LogP contribution in [-0.2, 0) is 0 Å². The summed E-state index contributed by atoms with van der Waals surface area (Å²) in [5, 5.41) is 15.3. The summed E-state index contributed by atoms with van der Waals surface area (Å²) in [6.07, 6.45) is 2.54. The van der Waals surface area contributed by atoms with E-state index in [1.807, 2.05) is 0 Å². The molecule has 0 unspecified atom stereocenters. The number of anilines is 1. The fourth-order valence-electron chi connectivity index (χ4n) is 2.37. The molecule has 0 heterocycles. The van der Waals surface area contributed by atoms with Gasteiger partial charge in [-0.15, -0.1) is 0 Å². The van der Waals surface area contributed by atoms with Gasteiger partial charge >= 0.3 is 6.03 Å². The van der Waals surface area contributed by atoms with Crippen LogP contribution in [0.2, 0.25) is 0 Å². The summed E-state index contributed by atoms with van der Waals surface area (Å²) >= 11 is 3.38. The number of carbonyl (C=O) groups excluding carboxylic acids is 1. The number of nitrogens with one attached hydrogen (secondary N) is 2. The SMILES string of the molecule is COc1ccc(NC(=O)NC[C@H]2CCC[C@@H]2O)c(Br)c1. The molecule has 1 aromatic rings. The minimum atomic E-state index is -0.289. The Bertz CT molecular complexity index is 481. The maximum atomic E-state index is 11.8. The smallest absolute Gasteiger partial charge is 0.319 e. The van der Waals surface area contributed by atoms with E-state index in [0.717, 1.165) is 29.5 Å². The quantitative estimate of drug-likeness (QED) is 0.787. The summed E-state index contributed by atoms with van der Waals surface area (Å²) < 4.78 is 5.85. The van der Waals surface area contributed by atoms with Crippen molar-refractivity contribution in [3.05, 3.63) is 22.7 Å². The van der Waals surface area contributed by atoms with Crippen molar-refractivity contribution in [3.8, 4) is 5.75 Å². The summed E-state index contributed by atoms with van der Waals surface area (Å²) in [5.74, 6) is 0.886. The van der Waals surface area contributed by atoms with Crippen LogP contribution in [0.5, 0.6) is 5.75 Å². The predicted octanol–water partition coefficient (Wildman–Crippen LogP) is 2.74. The Kier molecular flexibility index (Phi) is 5.25. The molecule has 6 heteroatoms. The lowest BCUT2D eigenvalue weighted by Gasteiger charge is -2.16. The minimum Gasteiger partial charge on any atom is -0.497 e. The van der Waals surface area contributed by atoms with E-state index in [9.17, 15) is 9.90 Å². The number of ether oxygens (including phenoxy) is 1. The third kappa shape index (κ3) is 3.86. The van der Waals surface area contributed by atoms with E-state index < -0.39 is 0 Å². The first-order valence-corrected chi connectivity index (χ1v) is 7.46. The van der Waals surface area contributed by atoms with E-state index in [0.29, 0.717) is 12.2 Å². The summed E-state index contributed by atoms with van der Waals surface area (Å²) in [7, 11) is 1.59. The summed E-state index contributed by atoms with van der Waals surface area (Å²) in [6, 6.07) is 5.07. The van der Waals surface area contributed by atoms with Crippen LogP contribution in [0, 0.1) is 5.92 Å². The third-order valence-corrected chi connectivity index (χ3v) is 4.22. The van der Waals surface area contributed by atoms with Gasteiger partial charge in [0, 0.05) is 16.9 Å². The van der Waals surface area contributed by atoms with Gasteiger partial charge in [-0.25, -0.2) is 4.79 Å². The molecule has 0 aromatic heterocycles. The molecule has 0 bridgehead atoms. The van der Waals surface area contributed by atoms with Gasteiger partial charge in [-0.3, -0.25) is 0 Å². The van der Waals surface area contributed by atoms with E-state index in [-0.39, 0.29) is 18.1 Å². The maximum absolute atomic E-state index is 11.8. The second kappa shape index (κ2) is 6.95. The second-order valence-corrected chi connectivity index (χ2v) is 5.79. The first-order valence-electron chi connectivity index (χ1n) is 6.66. The number of carbonyl (C=O) groups is 1. The maximum Gasteiger partial charge on any atom is 0.319 e. The number of hydrogen-bond donors (Lipinski definition) is 3. The molecule has 0 spiro atoms. The van der Waals surface area contributed by atoms with Gasteiger partial charge in [-0.1, -0.05) is 6.42 Å². The number of benzene rings is 1. The average Bonchev–Trinajstić information content (AvgIpc) is 2.84. The van der Waals surface area contributed by atoms with E-state index in [4.69, 9.17) is 4.74 Å². The molecule has 0 aliphatic heterocycles. The predicted molar refractivity (Wildman–Crippen MR) is 81.1 cm³/mol. The first kappa shape index (κ1) is 15.1. The Balaban J connectivity index is 1.85. The normalized spacial score (nSPS) is 21.6. The molecular weight excluding hydrogens is 324 g/mol. The highest BCUT2D eigenvalue weighted by molar-refractivity contribution is 9.10. The zero-order chi connectivity index (χ0) is 14.5. The third-order valence-electron chi connectivity index (χ3n) is 3.57. The van der Waals surface area contributed by atoms with Gasteiger partial charge in [-0.05, 0) is 47.0 Å².